The van der Waals surface area contributed by atoms with Crippen LogP contribution in [0.25, 0.3) is 0 Å². The van der Waals surface area contributed by atoms with Crippen LogP contribution in [0.5, 0.6) is 0 Å². The fourth-order valence-electron chi connectivity index (χ4n) is 2.70. The number of fused-ring (bicyclic) bond motifs is 1. The first kappa shape index (κ1) is 13.1. The van der Waals surface area contributed by atoms with Crippen molar-refractivity contribution in [3.8, 4) is 0 Å². The van der Waals surface area contributed by atoms with Crippen LogP contribution in [0.2, 0.25) is 0 Å². The number of anilines is 2. The predicted octanol–water partition coefficient (Wildman–Crippen LogP) is 3.20. The number of pyridine rings is 1. The smallest absolute Gasteiger partial charge is 0.137 e. The van der Waals surface area contributed by atoms with Gasteiger partial charge in [-0.1, -0.05) is 12.1 Å². The molecule has 0 spiro atoms. The van der Waals surface area contributed by atoms with Gasteiger partial charge < -0.3 is 10.2 Å². The lowest BCUT2D eigenvalue weighted by molar-refractivity contribution is 0.627. The van der Waals surface area contributed by atoms with Gasteiger partial charge in [-0.05, 0) is 44.2 Å². The van der Waals surface area contributed by atoms with Crippen molar-refractivity contribution < 1.29 is 4.39 Å². The van der Waals surface area contributed by atoms with E-state index in [1.54, 1.807) is 12.3 Å². The average Bonchev–Trinajstić information content (AvgIpc) is 2.89. The van der Waals surface area contributed by atoms with Crippen molar-refractivity contribution >= 4 is 11.5 Å². The van der Waals surface area contributed by atoms with Crippen LogP contribution in [0, 0.1) is 5.82 Å². The third-order valence-electron chi connectivity index (χ3n) is 3.91. The second-order valence-corrected chi connectivity index (χ2v) is 5.10. The summed E-state index contributed by atoms with van der Waals surface area (Å²) in [6.07, 6.45) is 2.72. The van der Waals surface area contributed by atoms with Gasteiger partial charge in [0.1, 0.15) is 11.6 Å². The van der Waals surface area contributed by atoms with E-state index in [4.69, 9.17) is 0 Å². The van der Waals surface area contributed by atoms with Crippen LogP contribution in [0.15, 0.2) is 36.5 Å². The van der Waals surface area contributed by atoms with Gasteiger partial charge >= 0.3 is 0 Å². The Labute approximate surface area is 118 Å². The summed E-state index contributed by atoms with van der Waals surface area (Å²) in [4.78, 5) is 6.63. The number of benzene rings is 1. The van der Waals surface area contributed by atoms with Crippen molar-refractivity contribution in [2.45, 2.75) is 19.4 Å². The minimum Gasteiger partial charge on any atom is -0.325 e. The normalized spacial score (nSPS) is 15.2. The van der Waals surface area contributed by atoms with E-state index in [-0.39, 0.29) is 11.9 Å². The zero-order chi connectivity index (χ0) is 14.1. The second kappa shape index (κ2) is 5.21. The molecule has 1 N–H and O–H groups in total. The zero-order valence-corrected chi connectivity index (χ0v) is 11.7. The van der Waals surface area contributed by atoms with E-state index in [2.05, 4.69) is 28.2 Å². The summed E-state index contributed by atoms with van der Waals surface area (Å²) in [5, 5.41) is 3.24. The summed E-state index contributed by atoms with van der Waals surface area (Å²) in [6, 6.07) is 9.21. The molecule has 2 heterocycles. The standard InChI is InChI=1S/C16H18FN3/c1-11(18-2)14-4-3-8-19-16(14)20-9-7-12-5-6-13(17)10-15(12)20/h3-6,8,10-11,18H,7,9H2,1-2H3. The zero-order valence-electron chi connectivity index (χ0n) is 11.7. The van der Waals surface area contributed by atoms with Crippen LogP contribution < -0.4 is 10.2 Å². The van der Waals surface area contributed by atoms with Crippen LogP contribution in [-0.4, -0.2) is 18.6 Å². The van der Waals surface area contributed by atoms with E-state index >= 15 is 0 Å². The van der Waals surface area contributed by atoms with Crippen molar-refractivity contribution in [2.24, 2.45) is 0 Å². The fourth-order valence-corrected chi connectivity index (χ4v) is 2.70. The molecule has 1 aliphatic heterocycles. The molecule has 2 aromatic rings. The van der Waals surface area contributed by atoms with Gasteiger partial charge in [0.2, 0.25) is 0 Å². The molecule has 0 amide bonds. The number of aromatic nitrogens is 1. The van der Waals surface area contributed by atoms with Gasteiger partial charge in [-0.15, -0.1) is 0 Å². The van der Waals surface area contributed by atoms with Crippen LogP contribution in [0.1, 0.15) is 24.1 Å². The van der Waals surface area contributed by atoms with Gasteiger partial charge in [0.25, 0.3) is 0 Å². The number of hydrogen-bond donors (Lipinski definition) is 1. The van der Waals surface area contributed by atoms with Gasteiger partial charge in [-0.2, -0.15) is 0 Å². The van der Waals surface area contributed by atoms with E-state index in [1.807, 2.05) is 19.2 Å². The molecule has 1 aliphatic rings. The summed E-state index contributed by atoms with van der Waals surface area (Å²) < 4.78 is 13.5. The lowest BCUT2D eigenvalue weighted by Crippen LogP contribution is -2.21. The molecular formula is C16H18FN3. The second-order valence-electron chi connectivity index (χ2n) is 5.10. The molecule has 0 radical (unpaired) electrons. The van der Waals surface area contributed by atoms with Crippen molar-refractivity contribution in [3.63, 3.8) is 0 Å². The number of rotatable bonds is 3. The van der Waals surface area contributed by atoms with Crippen molar-refractivity contribution in [3.05, 3.63) is 53.5 Å². The van der Waals surface area contributed by atoms with Gasteiger partial charge in [-0.25, -0.2) is 9.37 Å². The van der Waals surface area contributed by atoms with Crippen LogP contribution in [0.3, 0.4) is 0 Å². The van der Waals surface area contributed by atoms with Crippen molar-refractivity contribution in [1.29, 1.82) is 0 Å². The molecule has 0 fully saturated rings. The highest BCUT2D eigenvalue weighted by atomic mass is 19.1. The van der Waals surface area contributed by atoms with Crippen LogP contribution in [0.4, 0.5) is 15.9 Å². The SMILES string of the molecule is CNC(C)c1cccnc1N1CCc2ccc(F)cc21. The summed E-state index contributed by atoms with van der Waals surface area (Å²) in [7, 11) is 1.93. The molecule has 3 nitrogen and oxygen atoms in total. The Morgan fingerprint density at radius 3 is 3.00 bits per heavy atom. The van der Waals surface area contributed by atoms with Gasteiger partial charge in [-0.3, -0.25) is 0 Å². The molecule has 20 heavy (non-hydrogen) atoms. The van der Waals surface area contributed by atoms with Crippen molar-refractivity contribution in [2.75, 3.05) is 18.5 Å². The minimum absolute atomic E-state index is 0.199. The highest BCUT2D eigenvalue weighted by Gasteiger charge is 2.24. The maximum atomic E-state index is 13.5. The van der Waals surface area contributed by atoms with Crippen molar-refractivity contribution in [1.82, 2.24) is 10.3 Å². The molecule has 3 rings (SSSR count). The van der Waals surface area contributed by atoms with Gasteiger partial charge in [0.05, 0.1) is 0 Å². The lowest BCUT2D eigenvalue weighted by Gasteiger charge is -2.24. The molecule has 1 aromatic heterocycles. The lowest BCUT2D eigenvalue weighted by atomic mass is 10.1. The molecule has 0 aliphatic carbocycles. The van der Waals surface area contributed by atoms with Gasteiger partial charge in [0, 0.05) is 30.0 Å². The Morgan fingerprint density at radius 1 is 1.35 bits per heavy atom. The quantitative estimate of drug-likeness (QED) is 0.929. The van der Waals surface area contributed by atoms with Gasteiger partial charge in [0.15, 0.2) is 0 Å². The number of nitrogens with one attached hydrogen (secondary N) is 1. The van der Waals surface area contributed by atoms with E-state index < -0.39 is 0 Å². The Hall–Kier alpha value is -1.94. The summed E-state index contributed by atoms with van der Waals surface area (Å²) in [5.41, 5.74) is 3.25. The molecule has 0 saturated heterocycles. The molecule has 4 heteroatoms. The highest BCUT2D eigenvalue weighted by Crippen LogP contribution is 2.36. The topological polar surface area (TPSA) is 28.2 Å². The predicted molar refractivity (Wildman–Crippen MR) is 78.8 cm³/mol. The van der Waals surface area contributed by atoms with E-state index in [9.17, 15) is 4.39 Å². The molecule has 1 aromatic carbocycles. The summed E-state index contributed by atoms with van der Waals surface area (Å²) in [6.45, 7) is 2.95. The third kappa shape index (κ3) is 2.16. The number of halogens is 1. The van der Waals surface area contributed by atoms with Crippen LogP contribution in [-0.2, 0) is 6.42 Å². The first-order valence-electron chi connectivity index (χ1n) is 6.89. The molecular weight excluding hydrogens is 253 g/mol. The van der Waals surface area contributed by atoms with E-state index in [0.717, 1.165) is 30.0 Å². The number of hydrogen-bond acceptors (Lipinski definition) is 3. The molecule has 1 unspecified atom stereocenters. The molecule has 1 atom stereocenters. The van der Waals surface area contributed by atoms with E-state index in [0.29, 0.717) is 0 Å². The van der Waals surface area contributed by atoms with E-state index in [1.165, 1.54) is 11.6 Å². The Balaban J connectivity index is 2.06. The number of nitrogens with zero attached hydrogens (tertiary/aromatic N) is 2. The molecule has 0 bridgehead atoms. The Bertz CT molecular complexity index is 627. The fraction of sp³-hybridized carbons (Fsp3) is 0.312. The summed E-state index contributed by atoms with van der Waals surface area (Å²) >= 11 is 0. The largest absolute Gasteiger partial charge is 0.325 e. The third-order valence-corrected chi connectivity index (χ3v) is 3.91. The van der Waals surface area contributed by atoms with Crippen LogP contribution >= 0.6 is 0 Å². The average molecular weight is 271 g/mol. The summed E-state index contributed by atoms with van der Waals surface area (Å²) in [5.74, 6) is 0.716. The first-order valence-corrected chi connectivity index (χ1v) is 6.89. The molecule has 0 saturated carbocycles. The monoisotopic (exact) mass is 271 g/mol. The Kier molecular flexibility index (Phi) is 3.40. The Morgan fingerprint density at radius 2 is 2.20 bits per heavy atom. The maximum absolute atomic E-state index is 13.5. The molecule has 104 valence electrons. The maximum Gasteiger partial charge on any atom is 0.137 e. The minimum atomic E-state index is -0.199. The highest BCUT2D eigenvalue weighted by molar-refractivity contribution is 5.69. The first-order chi connectivity index (χ1) is 9.70.